The molecule has 0 saturated heterocycles. The Bertz CT molecular complexity index is 3760. The largest absolute Gasteiger partial charge is 0.310 e. The second kappa shape index (κ2) is 14.8. The minimum absolute atomic E-state index is 0.0637. The van der Waals surface area contributed by atoms with Crippen molar-refractivity contribution in [3.8, 4) is 55.6 Å². The summed E-state index contributed by atoms with van der Waals surface area (Å²) < 4.78 is 0. The Morgan fingerprint density at radius 3 is 1.22 bits per heavy atom. The molecule has 11 aromatic rings. The third-order valence-electron chi connectivity index (χ3n) is 15.3. The van der Waals surface area contributed by atoms with Crippen LogP contribution in [-0.2, 0) is 10.8 Å². The summed E-state index contributed by atoms with van der Waals surface area (Å²) in [6.07, 6.45) is 0. The average molecular weight is 856 g/mol. The molecule has 13 rings (SSSR count). The molecule has 0 saturated carbocycles. The Labute approximate surface area is 393 Å². The molecule has 0 fully saturated rings. The smallest absolute Gasteiger partial charge is 0.0465 e. The summed E-state index contributed by atoms with van der Waals surface area (Å²) in [5.74, 6) is 0. The zero-order chi connectivity index (χ0) is 45.0. The van der Waals surface area contributed by atoms with Gasteiger partial charge in [-0.1, -0.05) is 198 Å². The van der Waals surface area contributed by atoms with Gasteiger partial charge in [-0.25, -0.2) is 0 Å². The van der Waals surface area contributed by atoms with E-state index in [-0.39, 0.29) is 10.8 Å². The highest BCUT2D eigenvalue weighted by Gasteiger charge is 2.37. The van der Waals surface area contributed by atoms with E-state index in [2.05, 4.69) is 257 Å². The van der Waals surface area contributed by atoms with E-state index in [1.807, 2.05) is 0 Å². The van der Waals surface area contributed by atoms with Crippen LogP contribution < -0.4 is 4.90 Å². The number of benzene rings is 11. The zero-order valence-electron chi connectivity index (χ0n) is 38.3. The van der Waals surface area contributed by atoms with Crippen LogP contribution in [-0.4, -0.2) is 0 Å². The van der Waals surface area contributed by atoms with Crippen molar-refractivity contribution in [3.05, 3.63) is 247 Å². The van der Waals surface area contributed by atoms with E-state index < -0.39 is 0 Å². The first-order valence-corrected chi connectivity index (χ1v) is 23.7. The molecule has 0 unspecified atom stereocenters. The quantitative estimate of drug-likeness (QED) is 0.151. The second-order valence-electron chi connectivity index (χ2n) is 19.7. The van der Waals surface area contributed by atoms with Gasteiger partial charge >= 0.3 is 0 Å². The predicted octanol–water partition coefficient (Wildman–Crippen LogP) is 18.2. The predicted molar refractivity (Wildman–Crippen MR) is 285 cm³/mol. The van der Waals surface area contributed by atoms with Crippen LogP contribution in [0.25, 0.3) is 88.0 Å². The van der Waals surface area contributed by atoms with Gasteiger partial charge in [0.15, 0.2) is 0 Å². The zero-order valence-corrected chi connectivity index (χ0v) is 38.3. The number of fused-ring (bicyclic) bond motifs is 12. The second-order valence-corrected chi connectivity index (χ2v) is 19.7. The fraction of sp³-hybridized carbons (Fsp3) is 0.0909. The maximum Gasteiger partial charge on any atom is 0.0465 e. The molecule has 0 aromatic heterocycles. The van der Waals surface area contributed by atoms with Crippen LogP contribution in [0.4, 0.5) is 17.1 Å². The van der Waals surface area contributed by atoms with E-state index >= 15 is 0 Å². The molecule has 1 heteroatoms. The molecule has 318 valence electrons. The molecule has 11 aromatic carbocycles. The van der Waals surface area contributed by atoms with Gasteiger partial charge in [0.25, 0.3) is 0 Å². The van der Waals surface area contributed by atoms with Crippen molar-refractivity contribution in [2.24, 2.45) is 0 Å². The monoisotopic (exact) mass is 855 g/mol. The first-order chi connectivity index (χ1) is 32.7. The van der Waals surface area contributed by atoms with Gasteiger partial charge in [-0.3, -0.25) is 0 Å². The normalized spacial score (nSPS) is 13.9. The molecular formula is C66H49N. The van der Waals surface area contributed by atoms with Gasteiger partial charge < -0.3 is 4.90 Å². The highest BCUT2D eigenvalue weighted by molar-refractivity contribution is 6.26. The van der Waals surface area contributed by atoms with Crippen LogP contribution in [0.3, 0.4) is 0 Å². The third kappa shape index (κ3) is 6.08. The topological polar surface area (TPSA) is 3.24 Å². The molecular weight excluding hydrogens is 807 g/mol. The Kier molecular flexibility index (Phi) is 8.67. The molecule has 0 spiro atoms. The minimum Gasteiger partial charge on any atom is -0.310 e. The molecule has 2 aliphatic rings. The Morgan fingerprint density at radius 1 is 0.239 bits per heavy atom. The molecule has 0 radical (unpaired) electrons. The van der Waals surface area contributed by atoms with Crippen molar-refractivity contribution in [3.63, 3.8) is 0 Å². The lowest BCUT2D eigenvalue weighted by atomic mass is 9.81. The Hall–Kier alpha value is -8.00. The van der Waals surface area contributed by atoms with Gasteiger partial charge in [-0.05, 0) is 165 Å². The summed E-state index contributed by atoms with van der Waals surface area (Å²) in [7, 11) is 0. The summed E-state index contributed by atoms with van der Waals surface area (Å²) in [4.78, 5) is 2.42. The molecule has 0 aliphatic heterocycles. The molecule has 1 nitrogen and oxygen atoms in total. The van der Waals surface area contributed by atoms with Crippen molar-refractivity contribution in [2.45, 2.75) is 38.5 Å². The highest BCUT2D eigenvalue weighted by atomic mass is 15.1. The number of hydrogen-bond donors (Lipinski definition) is 0. The first kappa shape index (κ1) is 39.4. The maximum atomic E-state index is 2.50. The Balaban J connectivity index is 0.900. The van der Waals surface area contributed by atoms with Gasteiger partial charge in [0.1, 0.15) is 0 Å². The Morgan fingerprint density at radius 2 is 0.627 bits per heavy atom. The standard InChI is InChI=1S/C66H49N/c1-65(2)61-20-12-10-18-54(61)56-37-35-50(39-63(56)65)67(48-31-26-45(27-32-48)44-24-22-43(23-25-44)42-14-6-5-7-15-42)49-33-28-46(29-34-49)47-30-36-53-57(38-47)51-16-8-9-17-52(51)58-40-60-55-19-11-13-21-62(55)66(3,4)64(60)41-59(53)58/h5-41H,1-4H3. The SMILES string of the molecule is CC1(C)c2ccccc2-c2ccc(N(c3ccc(-c4ccc(-c5ccccc5)cc4)cc3)c3ccc(-c4ccc5c(c4)c4ccccc4c4cc6c(cc54)C(C)(C)c4ccccc4-6)cc3)cc21. The lowest BCUT2D eigenvalue weighted by Crippen LogP contribution is -2.16. The van der Waals surface area contributed by atoms with Gasteiger partial charge in [-0.15, -0.1) is 0 Å². The van der Waals surface area contributed by atoms with E-state index in [9.17, 15) is 0 Å². The summed E-state index contributed by atoms with van der Waals surface area (Å²) in [6.45, 7) is 9.47. The van der Waals surface area contributed by atoms with E-state index in [0.717, 1.165) is 17.1 Å². The van der Waals surface area contributed by atoms with Crippen LogP contribution in [0.5, 0.6) is 0 Å². The lowest BCUT2D eigenvalue weighted by molar-refractivity contribution is 0.660. The average Bonchev–Trinajstić information content (AvgIpc) is 3.75. The van der Waals surface area contributed by atoms with Crippen molar-refractivity contribution in [1.29, 1.82) is 0 Å². The molecule has 2 aliphatic carbocycles. The van der Waals surface area contributed by atoms with Crippen molar-refractivity contribution < 1.29 is 0 Å². The van der Waals surface area contributed by atoms with E-state index in [0.29, 0.717) is 0 Å². The van der Waals surface area contributed by atoms with Crippen LogP contribution in [0.1, 0.15) is 49.9 Å². The molecule has 0 N–H and O–H groups in total. The van der Waals surface area contributed by atoms with Crippen molar-refractivity contribution in [2.75, 3.05) is 4.90 Å². The molecule has 0 atom stereocenters. The fourth-order valence-electron chi connectivity index (χ4n) is 11.7. The van der Waals surface area contributed by atoms with E-state index in [1.54, 1.807) is 0 Å². The van der Waals surface area contributed by atoms with Gasteiger partial charge in [0, 0.05) is 27.9 Å². The maximum absolute atomic E-state index is 2.50. The van der Waals surface area contributed by atoms with Gasteiger partial charge in [0.05, 0.1) is 0 Å². The number of nitrogens with zero attached hydrogens (tertiary/aromatic N) is 1. The molecule has 0 bridgehead atoms. The van der Waals surface area contributed by atoms with E-state index in [4.69, 9.17) is 0 Å². The molecule has 67 heavy (non-hydrogen) atoms. The van der Waals surface area contributed by atoms with Crippen LogP contribution >= 0.6 is 0 Å². The summed E-state index contributed by atoms with van der Waals surface area (Å²) in [5.41, 5.74) is 21.4. The first-order valence-electron chi connectivity index (χ1n) is 23.7. The minimum atomic E-state index is -0.111. The van der Waals surface area contributed by atoms with Gasteiger partial charge in [0.2, 0.25) is 0 Å². The van der Waals surface area contributed by atoms with Crippen molar-refractivity contribution >= 4 is 49.4 Å². The lowest BCUT2D eigenvalue weighted by Gasteiger charge is -2.28. The molecule has 0 heterocycles. The number of anilines is 3. The summed E-state index contributed by atoms with van der Waals surface area (Å²) >= 11 is 0. The number of hydrogen-bond acceptors (Lipinski definition) is 1. The fourth-order valence-corrected chi connectivity index (χ4v) is 11.7. The summed E-state index contributed by atoms with van der Waals surface area (Å²) in [5, 5.41) is 7.82. The third-order valence-corrected chi connectivity index (χ3v) is 15.3. The van der Waals surface area contributed by atoms with E-state index in [1.165, 1.54) is 110 Å². The van der Waals surface area contributed by atoms with Crippen LogP contribution in [0, 0.1) is 0 Å². The summed E-state index contributed by atoms with van der Waals surface area (Å²) in [6, 6.07) is 83.7. The van der Waals surface area contributed by atoms with Crippen LogP contribution in [0.2, 0.25) is 0 Å². The number of rotatable bonds is 6. The van der Waals surface area contributed by atoms with Crippen molar-refractivity contribution in [1.82, 2.24) is 0 Å². The van der Waals surface area contributed by atoms with Gasteiger partial charge in [-0.2, -0.15) is 0 Å². The highest BCUT2D eigenvalue weighted by Crippen LogP contribution is 2.53. The molecule has 0 amide bonds. The van der Waals surface area contributed by atoms with Crippen LogP contribution in [0.15, 0.2) is 224 Å².